The van der Waals surface area contributed by atoms with E-state index >= 15 is 0 Å². The van der Waals surface area contributed by atoms with Gasteiger partial charge in [0.2, 0.25) is 0 Å². The maximum absolute atomic E-state index is 13.4. The molecular formula is C26H39N3O6. The standard InChI is InChI=1S/C24H35N3O2.2CH2O2/c28-23-19(15-25-9-6-24(7-10-25)8-11-29-17-24)4-5-22-20-12-18(14-27(22)23)13-26(16-20)21-2-1-3-21;2*2-1-3/h4-5,18,20-21H,1-3,6-17H2;2*1H,(H,2,3)/t18-,20+;;/m0../s1. The van der Waals surface area contributed by atoms with Gasteiger partial charge >= 0.3 is 0 Å². The summed E-state index contributed by atoms with van der Waals surface area (Å²) in [6.07, 6.45) is 9.12. The van der Waals surface area contributed by atoms with Crippen LogP contribution >= 0.6 is 0 Å². The van der Waals surface area contributed by atoms with Crippen molar-refractivity contribution in [1.29, 1.82) is 0 Å². The third-order valence-electron chi connectivity index (χ3n) is 8.80. The van der Waals surface area contributed by atoms with Gasteiger partial charge in [-0.3, -0.25) is 24.2 Å². The molecule has 4 fully saturated rings. The van der Waals surface area contributed by atoms with Gasteiger partial charge in [-0.1, -0.05) is 12.5 Å². The van der Waals surface area contributed by atoms with Gasteiger partial charge in [0.15, 0.2) is 0 Å². The van der Waals surface area contributed by atoms with E-state index in [0.717, 1.165) is 57.5 Å². The Labute approximate surface area is 206 Å². The molecule has 5 heterocycles. The summed E-state index contributed by atoms with van der Waals surface area (Å²) in [4.78, 5) is 35.3. The van der Waals surface area contributed by atoms with Crippen LogP contribution in [0.4, 0.5) is 0 Å². The Morgan fingerprint density at radius 1 is 1.03 bits per heavy atom. The fourth-order valence-corrected chi connectivity index (χ4v) is 6.67. The number of carboxylic acid groups (broad SMARTS) is 2. The van der Waals surface area contributed by atoms with Crippen molar-refractivity contribution in [3.05, 3.63) is 33.7 Å². The topological polar surface area (TPSA) is 112 Å². The molecule has 2 atom stereocenters. The first-order chi connectivity index (χ1) is 17.0. The molecule has 1 aromatic rings. The lowest BCUT2D eigenvalue weighted by Crippen LogP contribution is -2.52. The number of ether oxygens (including phenoxy) is 1. The second-order valence-corrected chi connectivity index (χ2v) is 10.8. The van der Waals surface area contributed by atoms with Gasteiger partial charge in [0, 0.05) is 56.0 Å². The van der Waals surface area contributed by atoms with Crippen molar-refractivity contribution in [2.24, 2.45) is 11.3 Å². The molecule has 5 aliphatic rings. The highest BCUT2D eigenvalue weighted by Gasteiger charge is 2.40. The van der Waals surface area contributed by atoms with Crippen LogP contribution in [-0.2, 0) is 27.4 Å². The molecule has 1 saturated carbocycles. The van der Waals surface area contributed by atoms with Gasteiger partial charge in [0.1, 0.15) is 0 Å². The van der Waals surface area contributed by atoms with Gasteiger partial charge in [-0.2, -0.15) is 0 Å². The van der Waals surface area contributed by atoms with Crippen molar-refractivity contribution in [3.8, 4) is 0 Å². The Balaban J connectivity index is 0.000000440. The largest absolute Gasteiger partial charge is 0.483 e. The lowest BCUT2D eigenvalue weighted by atomic mass is 9.78. The molecule has 35 heavy (non-hydrogen) atoms. The highest BCUT2D eigenvalue weighted by molar-refractivity contribution is 5.33. The Morgan fingerprint density at radius 3 is 2.34 bits per heavy atom. The molecule has 1 aliphatic carbocycles. The van der Waals surface area contributed by atoms with E-state index in [-0.39, 0.29) is 12.9 Å². The molecule has 0 radical (unpaired) electrons. The highest BCUT2D eigenvalue weighted by Crippen LogP contribution is 2.40. The van der Waals surface area contributed by atoms with Crippen molar-refractivity contribution in [2.45, 2.75) is 70.0 Å². The molecule has 194 valence electrons. The van der Waals surface area contributed by atoms with Crippen LogP contribution in [-0.4, -0.2) is 83.0 Å². The zero-order chi connectivity index (χ0) is 24.8. The van der Waals surface area contributed by atoms with Crippen LogP contribution in [0.25, 0.3) is 0 Å². The molecule has 4 aliphatic heterocycles. The van der Waals surface area contributed by atoms with Gasteiger partial charge in [-0.15, -0.1) is 0 Å². The maximum Gasteiger partial charge on any atom is 0.290 e. The van der Waals surface area contributed by atoms with E-state index in [1.54, 1.807) is 0 Å². The SMILES string of the molecule is O=CO.O=CO.O=c1c(CN2CCC3(CCOC3)CC2)ccc2n1C[C@H]1C[C@@H]2CN(C2CCC2)C1. The second-order valence-electron chi connectivity index (χ2n) is 10.8. The van der Waals surface area contributed by atoms with Gasteiger partial charge < -0.3 is 19.5 Å². The average molecular weight is 490 g/mol. The van der Waals surface area contributed by atoms with E-state index in [0.29, 0.717) is 22.8 Å². The highest BCUT2D eigenvalue weighted by atomic mass is 16.5. The van der Waals surface area contributed by atoms with E-state index in [2.05, 4.69) is 26.5 Å². The Morgan fingerprint density at radius 2 is 1.74 bits per heavy atom. The molecular weight excluding hydrogens is 450 g/mol. The molecule has 3 saturated heterocycles. The predicted molar refractivity (Wildman–Crippen MR) is 131 cm³/mol. The van der Waals surface area contributed by atoms with Crippen LogP contribution < -0.4 is 5.56 Å². The summed E-state index contributed by atoms with van der Waals surface area (Å²) in [5.74, 6) is 1.22. The zero-order valence-corrected chi connectivity index (χ0v) is 20.5. The first kappa shape index (κ1) is 25.9. The number of hydrogen-bond donors (Lipinski definition) is 2. The molecule has 1 aromatic heterocycles. The van der Waals surface area contributed by atoms with Crippen LogP contribution in [0.3, 0.4) is 0 Å². The van der Waals surface area contributed by atoms with Crippen molar-refractivity contribution < 1.29 is 24.5 Å². The van der Waals surface area contributed by atoms with E-state index in [1.165, 1.54) is 57.2 Å². The fraction of sp³-hybridized carbons (Fsp3) is 0.731. The quantitative estimate of drug-likeness (QED) is 0.622. The lowest BCUT2D eigenvalue weighted by Gasteiger charge is -2.48. The van der Waals surface area contributed by atoms with Crippen molar-refractivity contribution in [1.82, 2.24) is 14.4 Å². The smallest absolute Gasteiger partial charge is 0.290 e. The summed E-state index contributed by atoms with van der Waals surface area (Å²) in [7, 11) is 0. The minimum Gasteiger partial charge on any atom is -0.483 e. The molecule has 0 unspecified atom stereocenters. The van der Waals surface area contributed by atoms with Crippen molar-refractivity contribution >= 4 is 12.9 Å². The predicted octanol–water partition coefficient (Wildman–Crippen LogP) is 2.22. The lowest BCUT2D eigenvalue weighted by molar-refractivity contribution is -0.123. The average Bonchev–Trinajstić information content (AvgIpc) is 3.26. The number of hydrogen-bond acceptors (Lipinski definition) is 6. The van der Waals surface area contributed by atoms with Gasteiger partial charge in [0.05, 0.1) is 6.61 Å². The zero-order valence-electron chi connectivity index (χ0n) is 20.5. The second kappa shape index (κ2) is 11.7. The number of aromatic nitrogens is 1. The minimum atomic E-state index is -0.250. The molecule has 2 N–H and O–H groups in total. The summed E-state index contributed by atoms with van der Waals surface area (Å²) >= 11 is 0. The third kappa shape index (κ3) is 5.78. The van der Waals surface area contributed by atoms with Crippen LogP contribution in [0, 0.1) is 11.3 Å². The van der Waals surface area contributed by atoms with E-state index in [1.807, 2.05) is 0 Å². The number of pyridine rings is 1. The van der Waals surface area contributed by atoms with Gasteiger partial charge in [0.25, 0.3) is 18.5 Å². The van der Waals surface area contributed by atoms with Crippen LogP contribution in [0.1, 0.15) is 62.1 Å². The van der Waals surface area contributed by atoms with E-state index < -0.39 is 0 Å². The third-order valence-corrected chi connectivity index (χ3v) is 8.80. The number of piperidine rings is 2. The van der Waals surface area contributed by atoms with Crippen LogP contribution in [0.5, 0.6) is 0 Å². The fourth-order valence-electron chi connectivity index (χ4n) is 6.67. The van der Waals surface area contributed by atoms with Crippen LogP contribution in [0.15, 0.2) is 16.9 Å². The summed E-state index contributed by atoms with van der Waals surface area (Å²) in [6.45, 7) is 7.71. The number of nitrogens with zero attached hydrogens (tertiary/aromatic N) is 3. The Hall–Kier alpha value is -2.23. The minimum absolute atomic E-state index is 0.250. The number of fused-ring (bicyclic) bond motifs is 4. The summed E-state index contributed by atoms with van der Waals surface area (Å²) in [5, 5.41) is 13.8. The van der Waals surface area contributed by atoms with Gasteiger partial charge in [-0.05, 0) is 69.0 Å². The van der Waals surface area contributed by atoms with Crippen LogP contribution in [0.2, 0.25) is 0 Å². The molecule has 1 spiro atoms. The van der Waals surface area contributed by atoms with Crippen molar-refractivity contribution in [3.63, 3.8) is 0 Å². The van der Waals surface area contributed by atoms with Crippen molar-refractivity contribution in [2.75, 3.05) is 39.4 Å². The normalized spacial score (nSPS) is 27.4. The molecule has 0 aromatic carbocycles. The number of carbonyl (C=O) groups is 2. The monoisotopic (exact) mass is 489 g/mol. The number of rotatable bonds is 3. The Kier molecular flexibility index (Phi) is 8.62. The first-order valence-corrected chi connectivity index (χ1v) is 12.9. The summed E-state index contributed by atoms with van der Waals surface area (Å²) in [5.41, 5.74) is 3.03. The molecule has 0 amide bonds. The Bertz CT molecular complexity index is 908. The maximum atomic E-state index is 13.4. The molecule has 2 bridgehead atoms. The van der Waals surface area contributed by atoms with E-state index in [4.69, 9.17) is 24.5 Å². The molecule has 9 nitrogen and oxygen atoms in total. The summed E-state index contributed by atoms with van der Waals surface area (Å²) < 4.78 is 7.82. The first-order valence-electron chi connectivity index (χ1n) is 12.9. The number of likely N-dealkylation sites (tertiary alicyclic amines) is 2. The molecule has 6 rings (SSSR count). The van der Waals surface area contributed by atoms with Gasteiger partial charge in [-0.25, -0.2) is 0 Å². The summed E-state index contributed by atoms with van der Waals surface area (Å²) in [6, 6.07) is 5.27. The van der Waals surface area contributed by atoms with E-state index in [9.17, 15) is 4.79 Å². The molecule has 9 heteroatoms.